The van der Waals surface area contributed by atoms with Crippen molar-refractivity contribution in [1.82, 2.24) is 20.1 Å². The quantitative estimate of drug-likeness (QED) is 0.455. The molecule has 0 radical (unpaired) electrons. The third-order valence-corrected chi connectivity index (χ3v) is 5.15. The number of nitrogens with one attached hydrogen (secondary N) is 1. The maximum Gasteiger partial charge on any atom is 0.119 e. The molecule has 2 heterocycles. The number of para-hydroxylation sites is 1. The third kappa shape index (κ3) is 4.30. The van der Waals surface area contributed by atoms with Crippen molar-refractivity contribution in [2.45, 2.75) is 13.0 Å². The molecule has 0 aliphatic carbocycles. The van der Waals surface area contributed by atoms with Crippen LogP contribution in [-0.4, -0.2) is 28.4 Å². The molecule has 0 unspecified atom stereocenters. The van der Waals surface area contributed by atoms with Crippen molar-refractivity contribution in [2.75, 3.05) is 13.7 Å². The lowest BCUT2D eigenvalue weighted by Crippen LogP contribution is -2.17. The van der Waals surface area contributed by atoms with Gasteiger partial charge in [0.05, 0.1) is 29.7 Å². The van der Waals surface area contributed by atoms with E-state index in [2.05, 4.69) is 40.1 Å². The minimum atomic E-state index is 0.740. The Morgan fingerprint density at radius 1 is 1.11 bits per heavy atom. The molecule has 0 aliphatic rings. The highest BCUT2D eigenvalue weighted by atomic mass is 32.1. The van der Waals surface area contributed by atoms with Crippen LogP contribution >= 0.6 is 11.3 Å². The molecule has 0 atom stereocenters. The lowest BCUT2D eigenvalue weighted by molar-refractivity contribution is 0.415. The van der Waals surface area contributed by atoms with Gasteiger partial charge in [-0.3, -0.25) is 0 Å². The van der Waals surface area contributed by atoms with Gasteiger partial charge < -0.3 is 10.1 Å². The Bertz CT molecular complexity index is 1010. The van der Waals surface area contributed by atoms with E-state index in [0.717, 1.165) is 53.5 Å². The second-order valence-corrected chi connectivity index (χ2v) is 7.14. The highest BCUT2D eigenvalue weighted by Crippen LogP contribution is 2.27. The fourth-order valence-corrected chi connectivity index (χ4v) is 3.66. The Labute approximate surface area is 168 Å². The maximum atomic E-state index is 5.39. The maximum absolute atomic E-state index is 5.39. The van der Waals surface area contributed by atoms with Gasteiger partial charge in [-0.1, -0.05) is 30.3 Å². The van der Waals surface area contributed by atoms with E-state index in [4.69, 9.17) is 9.84 Å². The number of ether oxygens (including phenoxy) is 1. The standard InChI is InChI=1S/C22H22N4OS/c1-27-21-9-5-6-17(12-21)22-18(13-23-11-10-19-15-28-16-24-19)14-26(25-22)20-7-3-2-4-8-20/h2-9,12,14-16,23H,10-11,13H2,1H3. The highest BCUT2D eigenvalue weighted by Gasteiger charge is 2.13. The largest absolute Gasteiger partial charge is 0.497 e. The van der Waals surface area contributed by atoms with Crippen molar-refractivity contribution in [3.05, 3.63) is 82.9 Å². The summed E-state index contributed by atoms with van der Waals surface area (Å²) in [7, 11) is 1.68. The molecule has 0 amide bonds. The van der Waals surface area contributed by atoms with Gasteiger partial charge in [0.25, 0.3) is 0 Å². The molecular weight excluding hydrogens is 368 g/mol. The summed E-state index contributed by atoms with van der Waals surface area (Å²) < 4.78 is 7.33. The van der Waals surface area contributed by atoms with Gasteiger partial charge >= 0.3 is 0 Å². The first-order valence-corrected chi connectivity index (χ1v) is 10.1. The predicted octanol–water partition coefficient (Wildman–Crippen LogP) is 4.34. The molecule has 1 N–H and O–H groups in total. The van der Waals surface area contributed by atoms with Crippen LogP contribution in [0.25, 0.3) is 16.9 Å². The lowest BCUT2D eigenvalue weighted by Gasteiger charge is -2.06. The van der Waals surface area contributed by atoms with Crippen molar-refractivity contribution in [1.29, 1.82) is 0 Å². The van der Waals surface area contributed by atoms with Crippen LogP contribution in [0.5, 0.6) is 5.75 Å². The number of benzene rings is 2. The van der Waals surface area contributed by atoms with E-state index >= 15 is 0 Å². The van der Waals surface area contributed by atoms with Crippen molar-refractivity contribution in [3.8, 4) is 22.7 Å². The van der Waals surface area contributed by atoms with Crippen molar-refractivity contribution >= 4 is 11.3 Å². The first-order valence-electron chi connectivity index (χ1n) is 9.19. The summed E-state index contributed by atoms with van der Waals surface area (Å²) in [5, 5.41) is 10.5. The number of rotatable bonds is 8. The summed E-state index contributed by atoms with van der Waals surface area (Å²) in [6.45, 7) is 1.61. The number of hydrogen-bond donors (Lipinski definition) is 1. The Morgan fingerprint density at radius 3 is 2.79 bits per heavy atom. The van der Waals surface area contributed by atoms with Crippen LogP contribution in [0.3, 0.4) is 0 Å². The molecule has 0 aliphatic heterocycles. The fourth-order valence-electron chi connectivity index (χ4n) is 3.07. The number of methoxy groups -OCH3 is 1. The Kier molecular flexibility index (Phi) is 5.80. The molecular formula is C22H22N4OS. The van der Waals surface area contributed by atoms with Crippen molar-refractivity contribution < 1.29 is 4.74 Å². The molecule has 0 fully saturated rings. The summed E-state index contributed by atoms with van der Waals surface area (Å²) in [6.07, 6.45) is 3.02. The normalized spacial score (nSPS) is 10.9. The molecule has 142 valence electrons. The van der Waals surface area contributed by atoms with E-state index < -0.39 is 0 Å². The zero-order chi connectivity index (χ0) is 19.2. The van der Waals surface area contributed by atoms with Gasteiger partial charge in [-0.25, -0.2) is 9.67 Å². The van der Waals surface area contributed by atoms with Crippen LogP contribution in [0.15, 0.2) is 71.7 Å². The zero-order valence-corrected chi connectivity index (χ0v) is 16.5. The van der Waals surface area contributed by atoms with Crippen LogP contribution in [0.2, 0.25) is 0 Å². The lowest BCUT2D eigenvalue weighted by atomic mass is 10.1. The van der Waals surface area contributed by atoms with Gasteiger partial charge in [0.1, 0.15) is 5.75 Å². The van der Waals surface area contributed by atoms with Gasteiger partial charge in [-0.2, -0.15) is 5.10 Å². The predicted molar refractivity (Wildman–Crippen MR) is 113 cm³/mol. The van der Waals surface area contributed by atoms with Gasteiger partial charge in [0.2, 0.25) is 0 Å². The Hall–Kier alpha value is -2.96. The summed E-state index contributed by atoms with van der Waals surface area (Å²) in [5.41, 5.74) is 7.20. The minimum Gasteiger partial charge on any atom is -0.497 e. The molecule has 6 heteroatoms. The second kappa shape index (κ2) is 8.82. The van der Waals surface area contributed by atoms with Crippen LogP contribution in [0.1, 0.15) is 11.3 Å². The van der Waals surface area contributed by atoms with Gasteiger partial charge in [0, 0.05) is 42.2 Å². The fraction of sp³-hybridized carbons (Fsp3) is 0.182. The van der Waals surface area contributed by atoms with E-state index in [-0.39, 0.29) is 0 Å². The van der Waals surface area contributed by atoms with E-state index in [1.165, 1.54) is 0 Å². The summed E-state index contributed by atoms with van der Waals surface area (Å²) in [6, 6.07) is 18.2. The first kappa shape index (κ1) is 18.4. The average Bonchev–Trinajstić information content (AvgIpc) is 3.42. The summed E-state index contributed by atoms with van der Waals surface area (Å²) in [4.78, 5) is 4.34. The van der Waals surface area contributed by atoms with Crippen molar-refractivity contribution in [3.63, 3.8) is 0 Å². The summed E-state index contributed by atoms with van der Waals surface area (Å²) >= 11 is 1.63. The molecule has 0 saturated heterocycles. The number of hydrogen-bond acceptors (Lipinski definition) is 5. The van der Waals surface area contributed by atoms with Crippen LogP contribution < -0.4 is 10.1 Å². The molecule has 0 bridgehead atoms. The molecule has 28 heavy (non-hydrogen) atoms. The zero-order valence-electron chi connectivity index (χ0n) is 15.7. The summed E-state index contributed by atoms with van der Waals surface area (Å²) in [5.74, 6) is 0.828. The van der Waals surface area contributed by atoms with Crippen molar-refractivity contribution in [2.24, 2.45) is 0 Å². The first-order chi connectivity index (χ1) is 13.8. The molecule has 4 rings (SSSR count). The topological polar surface area (TPSA) is 52.0 Å². The van der Waals surface area contributed by atoms with Gasteiger partial charge in [0.15, 0.2) is 0 Å². The van der Waals surface area contributed by atoms with Crippen LogP contribution in [0.4, 0.5) is 0 Å². The Morgan fingerprint density at radius 2 is 2.00 bits per heavy atom. The minimum absolute atomic E-state index is 0.740. The SMILES string of the molecule is COc1cccc(-c2nn(-c3ccccc3)cc2CNCCc2cscn2)c1. The average molecular weight is 391 g/mol. The number of aromatic nitrogens is 3. The monoisotopic (exact) mass is 390 g/mol. The molecule has 2 aromatic heterocycles. The van der Waals surface area contributed by atoms with E-state index in [1.54, 1.807) is 18.4 Å². The third-order valence-electron chi connectivity index (χ3n) is 4.51. The van der Waals surface area contributed by atoms with Crippen LogP contribution in [-0.2, 0) is 13.0 Å². The van der Waals surface area contributed by atoms with Gasteiger partial charge in [-0.05, 0) is 24.3 Å². The Balaban J connectivity index is 1.58. The molecule has 2 aromatic carbocycles. The van der Waals surface area contributed by atoms with Crippen LogP contribution in [0, 0.1) is 0 Å². The van der Waals surface area contributed by atoms with E-state index in [1.807, 2.05) is 46.6 Å². The van der Waals surface area contributed by atoms with Gasteiger partial charge in [-0.15, -0.1) is 11.3 Å². The molecule has 5 nitrogen and oxygen atoms in total. The second-order valence-electron chi connectivity index (χ2n) is 6.42. The molecule has 0 saturated carbocycles. The number of thiazole rings is 1. The smallest absolute Gasteiger partial charge is 0.119 e. The van der Waals surface area contributed by atoms with E-state index in [9.17, 15) is 0 Å². The molecule has 0 spiro atoms. The number of nitrogens with zero attached hydrogens (tertiary/aromatic N) is 3. The molecule has 4 aromatic rings. The highest BCUT2D eigenvalue weighted by molar-refractivity contribution is 7.07. The van der Waals surface area contributed by atoms with E-state index in [0.29, 0.717) is 0 Å².